The third-order valence-corrected chi connectivity index (χ3v) is 1.93. The van der Waals surface area contributed by atoms with Gasteiger partial charge in [-0.3, -0.25) is 20.6 Å². The monoisotopic (exact) mass is 145 g/mol. The van der Waals surface area contributed by atoms with E-state index in [-0.39, 0.29) is 17.7 Å². The highest BCUT2D eigenvalue weighted by Crippen LogP contribution is 2.17. The first-order valence-electron chi connectivity index (χ1n) is 2.40. The number of imide groups is 1. The van der Waals surface area contributed by atoms with Crippen molar-refractivity contribution < 1.29 is 9.59 Å². The number of amides is 2. The normalized spacial score (nSPS) is 26.6. The van der Waals surface area contributed by atoms with Crippen molar-refractivity contribution in [2.24, 2.45) is 0 Å². The Hall–Kier alpha value is -0.550. The Morgan fingerprint density at radius 1 is 1.67 bits per heavy atom. The molecule has 0 aromatic heterocycles. The van der Waals surface area contributed by atoms with E-state index in [1.54, 1.807) is 0 Å². The molecular weight excluding hydrogens is 140 g/mol. The molecule has 4 nitrogen and oxygen atoms in total. The Morgan fingerprint density at radius 3 is 2.56 bits per heavy atom. The van der Waals surface area contributed by atoms with Crippen LogP contribution in [-0.2, 0) is 4.79 Å². The number of nitrogens with one attached hydrogen (secondary N) is 2. The number of carbonyl (C=O) groups excluding carboxylic acids is 2. The van der Waals surface area contributed by atoms with Gasteiger partial charge < -0.3 is 0 Å². The Labute approximate surface area is 56.2 Å². The maximum Gasteiger partial charge on any atom is 0.286 e. The standard InChI is InChI=1S/C4H5N2O2S/c5-1-2-3(7)6-4(8)9-2/h2,5H,1H2,(H,6,7,8). The molecule has 1 aliphatic heterocycles. The molecule has 0 bridgehead atoms. The van der Waals surface area contributed by atoms with Crippen LogP contribution in [0.4, 0.5) is 4.79 Å². The first-order valence-corrected chi connectivity index (χ1v) is 3.28. The molecule has 2 amide bonds. The van der Waals surface area contributed by atoms with E-state index in [4.69, 9.17) is 5.73 Å². The smallest absolute Gasteiger partial charge is 0.286 e. The van der Waals surface area contributed by atoms with Gasteiger partial charge in [0.2, 0.25) is 5.91 Å². The number of hydrogen-bond acceptors (Lipinski definition) is 3. The minimum absolute atomic E-state index is 0.0256. The summed E-state index contributed by atoms with van der Waals surface area (Å²) in [7, 11) is 0. The van der Waals surface area contributed by atoms with Crippen LogP contribution in [0.2, 0.25) is 0 Å². The average Bonchev–Trinajstić information content (AvgIpc) is 2.10. The Morgan fingerprint density at radius 2 is 2.33 bits per heavy atom. The Kier molecular flexibility index (Phi) is 1.73. The largest absolute Gasteiger partial charge is 0.286 e. The van der Waals surface area contributed by atoms with Crippen LogP contribution in [0, 0.1) is 0 Å². The van der Waals surface area contributed by atoms with Crippen molar-refractivity contribution in [3.05, 3.63) is 0 Å². The maximum atomic E-state index is 10.5. The second-order valence-electron chi connectivity index (χ2n) is 1.59. The van der Waals surface area contributed by atoms with E-state index >= 15 is 0 Å². The molecule has 49 valence electrons. The predicted octanol–water partition coefficient (Wildman–Crippen LogP) is -0.379. The van der Waals surface area contributed by atoms with Crippen LogP contribution >= 0.6 is 11.8 Å². The number of rotatable bonds is 1. The number of hydrogen-bond donors (Lipinski definition) is 1. The molecule has 1 atom stereocenters. The van der Waals surface area contributed by atoms with Crippen molar-refractivity contribution >= 4 is 22.9 Å². The fourth-order valence-electron chi connectivity index (χ4n) is 0.528. The number of thioether (sulfide) groups is 1. The summed E-state index contributed by atoms with van der Waals surface area (Å²) in [6.45, 7) is -0.0256. The van der Waals surface area contributed by atoms with Crippen molar-refractivity contribution in [1.29, 1.82) is 0 Å². The fourth-order valence-corrected chi connectivity index (χ4v) is 1.19. The molecule has 0 aromatic carbocycles. The molecule has 1 unspecified atom stereocenters. The van der Waals surface area contributed by atoms with Gasteiger partial charge >= 0.3 is 0 Å². The topological polar surface area (TPSA) is 70.0 Å². The van der Waals surface area contributed by atoms with Crippen LogP contribution in [0.1, 0.15) is 0 Å². The lowest BCUT2D eigenvalue weighted by Gasteiger charge is -1.94. The second-order valence-corrected chi connectivity index (χ2v) is 2.76. The number of carbonyl (C=O) groups is 2. The molecule has 5 heteroatoms. The van der Waals surface area contributed by atoms with Crippen LogP contribution in [0.15, 0.2) is 0 Å². The minimum Gasteiger partial charge on any atom is -0.286 e. The van der Waals surface area contributed by atoms with Gasteiger partial charge in [0.05, 0.1) is 0 Å². The fraction of sp³-hybridized carbons (Fsp3) is 0.500. The van der Waals surface area contributed by atoms with Gasteiger partial charge in [0, 0.05) is 6.54 Å². The third-order valence-electron chi connectivity index (χ3n) is 0.952. The molecule has 2 N–H and O–H groups in total. The van der Waals surface area contributed by atoms with Crippen LogP contribution in [0.3, 0.4) is 0 Å². The van der Waals surface area contributed by atoms with E-state index in [9.17, 15) is 9.59 Å². The van der Waals surface area contributed by atoms with Crippen molar-refractivity contribution in [1.82, 2.24) is 11.1 Å². The SMILES string of the molecule is [NH]CC1SC(=O)NC1=O. The van der Waals surface area contributed by atoms with Gasteiger partial charge in [0.1, 0.15) is 5.25 Å². The zero-order valence-electron chi connectivity index (χ0n) is 4.51. The van der Waals surface area contributed by atoms with E-state index in [0.29, 0.717) is 0 Å². The molecular formula is C4H5N2O2S. The summed E-state index contributed by atoms with van der Waals surface area (Å²) >= 11 is 0.887. The molecule has 1 fully saturated rings. The highest BCUT2D eigenvalue weighted by Gasteiger charge is 2.29. The molecule has 0 saturated carbocycles. The van der Waals surface area contributed by atoms with Gasteiger partial charge in [-0.15, -0.1) is 0 Å². The summed E-state index contributed by atoms with van der Waals surface area (Å²) in [4.78, 5) is 20.9. The highest BCUT2D eigenvalue weighted by molar-refractivity contribution is 8.15. The Bertz CT molecular complexity index is 159. The van der Waals surface area contributed by atoms with E-state index < -0.39 is 5.25 Å². The summed E-state index contributed by atoms with van der Waals surface area (Å²) in [5, 5.41) is 1.27. The van der Waals surface area contributed by atoms with E-state index in [1.807, 2.05) is 0 Å². The molecule has 1 heterocycles. The molecule has 0 aromatic rings. The second kappa shape index (κ2) is 2.36. The van der Waals surface area contributed by atoms with E-state index in [2.05, 4.69) is 5.32 Å². The molecule has 1 radical (unpaired) electrons. The van der Waals surface area contributed by atoms with Crippen molar-refractivity contribution in [3.63, 3.8) is 0 Å². The van der Waals surface area contributed by atoms with Crippen LogP contribution in [0.5, 0.6) is 0 Å². The van der Waals surface area contributed by atoms with Crippen molar-refractivity contribution in [2.45, 2.75) is 5.25 Å². The summed E-state index contributed by atoms with van der Waals surface area (Å²) in [5.41, 5.74) is 6.79. The van der Waals surface area contributed by atoms with Gasteiger partial charge in [-0.1, -0.05) is 0 Å². The summed E-state index contributed by atoms with van der Waals surface area (Å²) in [6.07, 6.45) is 0. The van der Waals surface area contributed by atoms with Gasteiger partial charge in [-0.25, -0.2) is 0 Å². The molecule has 1 rings (SSSR count). The van der Waals surface area contributed by atoms with E-state index in [0.717, 1.165) is 11.8 Å². The van der Waals surface area contributed by atoms with Crippen molar-refractivity contribution in [2.75, 3.05) is 6.54 Å². The summed E-state index contributed by atoms with van der Waals surface area (Å²) in [6, 6.07) is 0. The third kappa shape index (κ3) is 1.22. The molecule has 1 saturated heterocycles. The first-order chi connectivity index (χ1) is 4.24. The maximum absolute atomic E-state index is 10.5. The molecule has 1 aliphatic rings. The summed E-state index contributed by atoms with van der Waals surface area (Å²) in [5.74, 6) is -0.333. The van der Waals surface area contributed by atoms with Crippen LogP contribution < -0.4 is 11.1 Å². The van der Waals surface area contributed by atoms with Gasteiger partial charge in [0.15, 0.2) is 0 Å². The van der Waals surface area contributed by atoms with Crippen LogP contribution in [-0.4, -0.2) is 22.9 Å². The lowest BCUT2D eigenvalue weighted by Crippen LogP contribution is -2.26. The van der Waals surface area contributed by atoms with E-state index in [1.165, 1.54) is 0 Å². The quantitative estimate of drug-likeness (QED) is 0.546. The summed E-state index contributed by atoms with van der Waals surface area (Å²) < 4.78 is 0. The zero-order chi connectivity index (χ0) is 6.85. The van der Waals surface area contributed by atoms with Gasteiger partial charge in [0.25, 0.3) is 5.24 Å². The average molecular weight is 145 g/mol. The van der Waals surface area contributed by atoms with Crippen LogP contribution in [0.25, 0.3) is 0 Å². The zero-order valence-corrected chi connectivity index (χ0v) is 5.33. The Balaban J connectivity index is 2.58. The van der Waals surface area contributed by atoms with Crippen molar-refractivity contribution in [3.8, 4) is 0 Å². The predicted molar refractivity (Wildman–Crippen MR) is 32.9 cm³/mol. The first kappa shape index (κ1) is 6.57. The van der Waals surface area contributed by atoms with Gasteiger partial charge in [-0.05, 0) is 11.8 Å². The van der Waals surface area contributed by atoms with Gasteiger partial charge in [-0.2, -0.15) is 0 Å². The lowest BCUT2D eigenvalue weighted by atomic mass is 10.4. The molecule has 9 heavy (non-hydrogen) atoms. The molecule has 0 spiro atoms. The highest BCUT2D eigenvalue weighted by atomic mass is 32.2. The lowest BCUT2D eigenvalue weighted by molar-refractivity contribution is -0.118. The minimum atomic E-state index is -0.475. The molecule has 0 aliphatic carbocycles.